The van der Waals surface area contributed by atoms with Gasteiger partial charge >= 0.3 is 0 Å². The smallest absolute Gasteiger partial charge is 0.276 e. The van der Waals surface area contributed by atoms with Gasteiger partial charge in [-0.25, -0.2) is 9.07 Å². The average Bonchev–Trinajstić information content (AvgIpc) is 3.18. The lowest BCUT2D eigenvalue weighted by Crippen LogP contribution is -2.33. The second kappa shape index (κ2) is 6.40. The van der Waals surface area contributed by atoms with Crippen LogP contribution in [-0.2, 0) is 6.54 Å². The number of aromatic nitrogens is 3. The summed E-state index contributed by atoms with van der Waals surface area (Å²) < 4.78 is 14.7. The third-order valence-corrected chi connectivity index (χ3v) is 5.18. The molecule has 3 aromatic rings. The first-order valence-electron chi connectivity index (χ1n) is 8.15. The van der Waals surface area contributed by atoms with Crippen molar-refractivity contribution in [3.63, 3.8) is 0 Å². The number of halogens is 1. The normalized spacial score (nSPS) is 13.8. The van der Waals surface area contributed by atoms with Crippen molar-refractivity contribution in [2.75, 3.05) is 0 Å². The van der Waals surface area contributed by atoms with Crippen LogP contribution in [0.25, 0.3) is 5.69 Å². The Hall–Kier alpha value is -2.54. The van der Waals surface area contributed by atoms with E-state index in [2.05, 4.69) is 10.3 Å². The molecule has 1 fully saturated rings. The van der Waals surface area contributed by atoms with Crippen molar-refractivity contribution < 1.29 is 9.18 Å². The molecule has 1 aliphatic rings. The maximum atomic E-state index is 13.1. The van der Waals surface area contributed by atoms with Crippen molar-refractivity contribution in [2.45, 2.75) is 32.4 Å². The van der Waals surface area contributed by atoms with Gasteiger partial charge in [-0.2, -0.15) is 0 Å². The highest BCUT2D eigenvalue weighted by Gasteiger charge is 2.35. The lowest BCUT2D eigenvalue weighted by molar-refractivity contribution is 0.0725. The standard InChI is InChI=1S/C18H17FN4OS/c1-12-17(20-21-23(12)15-6-4-13(19)5-7-15)18(24)22(14-8-9-14)11-16-3-2-10-25-16/h2-7,10,14H,8-9,11H2,1H3. The van der Waals surface area contributed by atoms with Gasteiger partial charge in [0.25, 0.3) is 5.91 Å². The maximum Gasteiger partial charge on any atom is 0.276 e. The number of carbonyl (C=O) groups is 1. The number of nitrogens with zero attached hydrogens (tertiary/aromatic N) is 4. The second-order valence-corrected chi connectivity index (χ2v) is 7.19. The Kier molecular flexibility index (Phi) is 4.09. The molecule has 0 atom stereocenters. The van der Waals surface area contributed by atoms with E-state index in [1.54, 1.807) is 28.2 Å². The Morgan fingerprint density at radius 3 is 2.72 bits per heavy atom. The van der Waals surface area contributed by atoms with Crippen LogP contribution in [-0.4, -0.2) is 31.8 Å². The van der Waals surface area contributed by atoms with E-state index in [1.807, 2.05) is 29.3 Å². The first-order chi connectivity index (χ1) is 12.1. The molecule has 7 heteroatoms. The Balaban J connectivity index is 1.62. The molecule has 0 bridgehead atoms. The quantitative estimate of drug-likeness (QED) is 0.702. The SMILES string of the molecule is Cc1c(C(=O)N(Cc2cccs2)C2CC2)nnn1-c1ccc(F)cc1. The molecular formula is C18H17FN4OS. The van der Waals surface area contributed by atoms with Gasteiger partial charge in [0.05, 0.1) is 17.9 Å². The van der Waals surface area contributed by atoms with E-state index in [4.69, 9.17) is 0 Å². The molecular weight excluding hydrogens is 339 g/mol. The zero-order valence-corrected chi connectivity index (χ0v) is 14.5. The number of rotatable bonds is 5. The topological polar surface area (TPSA) is 51.0 Å². The van der Waals surface area contributed by atoms with Crippen molar-refractivity contribution in [3.05, 3.63) is 63.9 Å². The zero-order chi connectivity index (χ0) is 17.4. The van der Waals surface area contributed by atoms with E-state index < -0.39 is 0 Å². The van der Waals surface area contributed by atoms with Crippen LogP contribution in [0.2, 0.25) is 0 Å². The highest BCUT2D eigenvalue weighted by molar-refractivity contribution is 7.09. The second-order valence-electron chi connectivity index (χ2n) is 6.16. The van der Waals surface area contributed by atoms with Crippen LogP contribution >= 0.6 is 11.3 Å². The minimum atomic E-state index is -0.311. The van der Waals surface area contributed by atoms with Crippen LogP contribution in [0.3, 0.4) is 0 Å². The van der Waals surface area contributed by atoms with Crippen molar-refractivity contribution in [3.8, 4) is 5.69 Å². The molecule has 5 nitrogen and oxygen atoms in total. The molecule has 4 rings (SSSR count). The van der Waals surface area contributed by atoms with Crippen molar-refractivity contribution >= 4 is 17.2 Å². The number of hydrogen-bond donors (Lipinski definition) is 0. The van der Waals surface area contributed by atoms with Crippen LogP contribution < -0.4 is 0 Å². The number of amides is 1. The minimum absolute atomic E-state index is 0.0956. The molecule has 1 aliphatic carbocycles. The molecule has 0 saturated heterocycles. The van der Waals surface area contributed by atoms with E-state index in [-0.39, 0.29) is 17.8 Å². The summed E-state index contributed by atoms with van der Waals surface area (Å²) in [5.74, 6) is -0.407. The highest BCUT2D eigenvalue weighted by Crippen LogP contribution is 2.31. The third-order valence-electron chi connectivity index (χ3n) is 4.32. The largest absolute Gasteiger partial charge is 0.329 e. The van der Waals surface area contributed by atoms with Gasteiger partial charge in [-0.1, -0.05) is 11.3 Å². The van der Waals surface area contributed by atoms with Gasteiger partial charge in [0.15, 0.2) is 5.69 Å². The van der Waals surface area contributed by atoms with Crippen LogP contribution in [0, 0.1) is 12.7 Å². The molecule has 0 aliphatic heterocycles. The Labute approximate surface area is 148 Å². The molecule has 1 aromatic carbocycles. The summed E-state index contributed by atoms with van der Waals surface area (Å²) in [4.78, 5) is 16.1. The van der Waals surface area contributed by atoms with E-state index in [0.29, 0.717) is 23.6 Å². The zero-order valence-electron chi connectivity index (χ0n) is 13.7. The van der Waals surface area contributed by atoms with E-state index in [9.17, 15) is 9.18 Å². The van der Waals surface area contributed by atoms with Gasteiger partial charge in [-0.15, -0.1) is 16.4 Å². The van der Waals surface area contributed by atoms with Crippen LogP contribution in [0.5, 0.6) is 0 Å². The van der Waals surface area contributed by atoms with Crippen LogP contribution in [0.15, 0.2) is 41.8 Å². The number of thiophene rings is 1. The van der Waals surface area contributed by atoms with Crippen molar-refractivity contribution in [2.24, 2.45) is 0 Å². The van der Waals surface area contributed by atoms with Gasteiger partial charge in [-0.3, -0.25) is 4.79 Å². The van der Waals surface area contributed by atoms with Gasteiger partial charge < -0.3 is 4.90 Å². The number of benzene rings is 1. The predicted octanol–water partition coefficient (Wildman–Crippen LogP) is 3.58. The first-order valence-corrected chi connectivity index (χ1v) is 9.03. The van der Waals surface area contributed by atoms with Crippen LogP contribution in [0.1, 0.15) is 33.9 Å². The Bertz CT molecular complexity index is 884. The number of carbonyl (C=O) groups excluding carboxylic acids is 1. The molecule has 0 spiro atoms. The fourth-order valence-electron chi connectivity index (χ4n) is 2.81. The summed E-state index contributed by atoms with van der Waals surface area (Å²) in [6.45, 7) is 2.41. The summed E-state index contributed by atoms with van der Waals surface area (Å²) in [5.41, 5.74) is 1.70. The summed E-state index contributed by atoms with van der Waals surface area (Å²) in [6, 6.07) is 10.3. The van der Waals surface area contributed by atoms with Crippen molar-refractivity contribution in [1.29, 1.82) is 0 Å². The molecule has 2 aromatic heterocycles. The lowest BCUT2D eigenvalue weighted by atomic mass is 10.2. The summed E-state index contributed by atoms with van der Waals surface area (Å²) in [5, 5.41) is 10.2. The maximum absolute atomic E-state index is 13.1. The number of hydrogen-bond acceptors (Lipinski definition) is 4. The monoisotopic (exact) mass is 356 g/mol. The van der Waals surface area contributed by atoms with Gasteiger partial charge in [-0.05, 0) is 55.5 Å². The molecule has 1 amide bonds. The van der Waals surface area contributed by atoms with E-state index in [0.717, 1.165) is 17.7 Å². The van der Waals surface area contributed by atoms with Gasteiger partial charge in [0.1, 0.15) is 5.82 Å². The van der Waals surface area contributed by atoms with E-state index in [1.165, 1.54) is 12.1 Å². The molecule has 2 heterocycles. The third kappa shape index (κ3) is 3.19. The van der Waals surface area contributed by atoms with Crippen LogP contribution in [0.4, 0.5) is 4.39 Å². The first kappa shape index (κ1) is 16.0. The molecule has 1 saturated carbocycles. The molecule has 128 valence electrons. The fourth-order valence-corrected chi connectivity index (χ4v) is 3.52. The lowest BCUT2D eigenvalue weighted by Gasteiger charge is -2.20. The fraction of sp³-hybridized carbons (Fsp3) is 0.278. The Morgan fingerprint density at radius 1 is 1.32 bits per heavy atom. The summed E-state index contributed by atoms with van der Waals surface area (Å²) in [6.07, 6.45) is 2.06. The molecule has 25 heavy (non-hydrogen) atoms. The predicted molar refractivity (Wildman–Crippen MR) is 93.3 cm³/mol. The molecule has 0 N–H and O–H groups in total. The van der Waals surface area contributed by atoms with Gasteiger partial charge in [0, 0.05) is 10.9 Å². The molecule has 0 unspecified atom stereocenters. The summed E-state index contributed by atoms with van der Waals surface area (Å²) in [7, 11) is 0. The summed E-state index contributed by atoms with van der Waals surface area (Å²) >= 11 is 1.65. The average molecular weight is 356 g/mol. The minimum Gasteiger partial charge on any atom is -0.329 e. The van der Waals surface area contributed by atoms with Crippen molar-refractivity contribution in [1.82, 2.24) is 19.9 Å². The Morgan fingerprint density at radius 2 is 2.08 bits per heavy atom. The highest BCUT2D eigenvalue weighted by atomic mass is 32.1. The van der Waals surface area contributed by atoms with Gasteiger partial charge in [0.2, 0.25) is 0 Å². The molecule has 0 radical (unpaired) electrons. The van der Waals surface area contributed by atoms with E-state index >= 15 is 0 Å².